The molecule has 0 aliphatic carbocycles. The summed E-state index contributed by atoms with van der Waals surface area (Å²) in [5, 5.41) is 4.43. The molecule has 0 aliphatic rings. The van der Waals surface area contributed by atoms with Crippen molar-refractivity contribution >= 4 is 33.5 Å². The molecule has 1 atom stereocenters. The summed E-state index contributed by atoms with van der Waals surface area (Å²) in [5.74, 6) is -1.56. The van der Waals surface area contributed by atoms with Gasteiger partial charge in [-0.15, -0.1) is 0 Å². The summed E-state index contributed by atoms with van der Waals surface area (Å²) >= 11 is 6.31. The van der Waals surface area contributed by atoms with Crippen molar-refractivity contribution < 1.29 is 23.1 Å². The van der Waals surface area contributed by atoms with Gasteiger partial charge in [0.2, 0.25) is 0 Å². The van der Waals surface area contributed by atoms with E-state index in [1.54, 1.807) is 15.9 Å². The third kappa shape index (κ3) is 3.44. The topological polar surface area (TPSA) is 37.3 Å². The van der Waals surface area contributed by atoms with Crippen LogP contribution in [0.5, 0.6) is 0 Å². The average Bonchev–Trinajstić information content (AvgIpc) is 1.81. The lowest BCUT2D eigenvalue weighted by molar-refractivity contribution is -0.131. The quantitative estimate of drug-likeness (QED) is 0.630. The Kier molecular flexibility index (Phi) is 3.59. The number of hydrogen-bond donors (Lipinski definition) is 1. The molecule has 0 aromatic heterocycles. The lowest BCUT2D eigenvalue weighted by Gasteiger charge is -2.18. The van der Waals surface area contributed by atoms with Crippen molar-refractivity contribution in [1.29, 1.82) is 0 Å². The molecule has 12 heavy (non-hydrogen) atoms. The van der Waals surface area contributed by atoms with Crippen molar-refractivity contribution in [3.05, 3.63) is 12.2 Å². The van der Waals surface area contributed by atoms with Crippen LogP contribution in [0.25, 0.3) is 0 Å². The molecule has 0 aromatic carbocycles. The summed E-state index contributed by atoms with van der Waals surface area (Å²) in [4.78, 5) is 5.79. The van der Waals surface area contributed by atoms with Crippen molar-refractivity contribution in [1.82, 2.24) is 0 Å². The van der Waals surface area contributed by atoms with Crippen molar-refractivity contribution in [3.63, 3.8) is 0 Å². The van der Waals surface area contributed by atoms with Crippen LogP contribution < -0.4 is 0 Å². The second-order valence-electron chi connectivity index (χ2n) is 1.79. The Balaban J connectivity index is 4.54. The summed E-state index contributed by atoms with van der Waals surface area (Å²) in [6.07, 6.45) is 0.244. The second-order valence-corrected chi connectivity index (χ2v) is 3.34. The molecule has 0 amide bonds. The standard InChI is InChI=1S/C5H3BrClF3O2/c6-5(9,10)4(7,8)2-1-3(11)12/h1-2H,(H,11,12)/b2-1-/t4-/m0/s1. The summed E-state index contributed by atoms with van der Waals surface area (Å²) in [7, 11) is 0. The Morgan fingerprint density at radius 1 is 1.50 bits per heavy atom. The van der Waals surface area contributed by atoms with Crippen LogP contribution in [0.3, 0.4) is 0 Å². The van der Waals surface area contributed by atoms with Crippen LogP contribution in [0.2, 0.25) is 0 Å². The maximum Gasteiger partial charge on any atom is 0.352 e. The molecule has 1 N–H and O–H groups in total. The number of halogens is 5. The average molecular weight is 267 g/mol. The van der Waals surface area contributed by atoms with Crippen LogP contribution in [0.4, 0.5) is 13.2 Å². The molecule has 0 spiro atoms. The van der Waals surface area contributed by atoms with Gasteiger partial charge in [0.25, 0.3) is 5.13 Å². The van der Waals surface area contributed by atoms with Crippen molar-refractivity contribution in [2.45, 2.75) is 9.96 Å². The molecule has 0 aliphatic heterocycles. The van der Waals surface area contributed by atoms with Gasteiger partial charge in [-0.1, -0.05) is 11.6 Å². The van der Waals surface area contributed by atoms with Crippen LogP contribution in [0.15, 0.2) is 12.2 Å². The number of rotatable bonds is 3. The van der Waals surface area contributed by atoms with Crippen molar-refractivity contribution in [2.75, 3.05) is 0 Å². The van der Waals surface area contributed by atoms with Crippen LogP contribution in [0.1, 0.15) is 0 Å². The van der Waals surface area contributed by atoms with E-state index >= 15 is 0 Å². The maximum absolute atomic E-state index is 12.6. The summed E-state index contributed by atoms with van der Waals surface area (Å²) in [6, 6.07) is 0. The molecule has 0 bridgehead atoms. The molecule has 0 saturated heterocycles. The Labute approximate surface area is 79.1 Å². The molecule has 70 valence electrons. The first-order valence-electron chi connectivity index (χ1n) is 2.53. The van der Waals surface area contributed by atoms with Gasteiger partial charge in [0.15, 0.2) is 0 Å². The monoisotopic (exact) mass is 266 g/mol. The lowest BCUT2D eigenvalue weighted by atomic mass is 10.3. The van der Waals surface area contributed by atoms with Gasteiger partial charge in [0, 0.05) is 6.08 Å². The highest BCUT2D eigenvalue weighted by Gasteiger charge is 2.49. The third-order valence-electron chi connectivity index (χ3n) is 0.813. The zero-order chi connectivity index (χ0) is 9.99. The van der Waals surface area contributed by atoms with Crippen molar-refractivity contribution in [3.8, 4) is 0 Å². The Bertz CT molecular complexity index is 211. The number of aliphatic carboxylic acids is 1. The highest BCUT2D eigenvalue weighted by Crippen LogP contribution is 2.42. The number of carboxylic acid groups (broad SMARTS) is 1. The molecule has 2 nitrogen and oxygen atoms in total. The summed E-state index contributed by atoms with van der Waals surface area (Å²) in [5.41, 5.74) is 0. The molecule has 0 aromatic rings. The van der Waals surface area contributed by atoms with Gasteiger partial charge in [-0.25, -0.2) is 9.18 Å². The maximum atomic E-state index is 12.6. The summed E-state index contributed by atoms with van der Waals surface area (Å²) in [6.45, 7) is 0. The predicted octanol–water partition coefficient (Wildman–Crippen LogP) is 2.52. The van der Waals surface area contributed by atoms with Gasteiger partial charge in [0.05, 0.1) is 0 Å². The first kappa shape index (κ1) is 11.8. The molecular formula is C5H3BrClF3O2. The molecule has 0 heterocycles. The SMILES string of the molecule is O=C(O)/C=C\[C@@](F)(Cl)C(F)(F)Br. The third-order valence-corrected chi connectivity index (χ3v) is 1.98. The minimum absolute atomic E-state index is 0.0473. The van der Waals surface area contributed by atoms with Crippen molar-refractivity contribution in [2.24, 2.45) is 0 Å². The van der Waals surface area contributed by atoms with Gasteiger partial charge >= 0.3 is 10.8 Å². The molecule has 0 fully saturated rings. The summed E-state index contributed by atoms with van der Waals surface area (Å²) < 4.78 is 36.8. The van der Waals surface area contributed by atoms with Gasteiger partial charge in [-0.3, -0.25) is 0 Å². The Morgan fingerprint density at radius 2 is 1.92 bits per heavy atom. The van der Waals surface area contributed by atoms with Crippen LogP contribution >= 0.6 is 27.5 Å². The first-order chi connectivity index (χ1) is 5.17. The van der Waals surface area contributed by atoms with Gasteiger partial charge in [-0.2, -0.15) is 8.78 Å². The fraction of sp³-hybridized carbons (Fsp3) is 0.400. The lowest BCUT2D eigenvalue weighted by Crippen LogP contribution is -2.31. The van der Waals surface area contributed by atoms with E-state index in [9.17, 15) is 18.0 Å². The largest absolute Gasteiger partial charge is 0.478 e. The normalized spacial score (nSPS) is 17.8. The number of hydrogen-bond acceptors (Lipinski definition) is 1. The first-order valence-corrected chi connectivity index (χ1v) is 3.70. The zero-order valence-electron chi connectivity index (χ0n) is 5.40. The van der Waals surface area contributed by atoms with Crippen LogP contribution in [-0.4, -0.2) is 21.0 Å². The Hall–Kier alpha value is -0.230. The second kappa shape index (κ2) is 3.66. The fourth-order valence-electron chi connectivity index (χ4n) is 0.270. The smallest absolute Gasteiger partial charge is 0.352 e. The van der Waals surface area contributed by atoms with Crippen LogP contribution in [-0.2, 0) is 4.79 Å². The van der Waals surface area contributed by atoms with E-state index in [-0.39, 0.29) is 12.2 Å². The molecular weight excluding hydrogens is 264 g/mol. The van der Waals surface area contributed by atoms with Gasteiger partial charge < -0.3 is 5.11 Å². The molecule has 0 saturated carbocycles. The highest BCUT2D eigenvalue weighted by molar-refractivity contribution is 9.10. The van der Waals surface area contributed by atoms with E-state index in [2.05, 4.69) is 11.6 Å². The zero-order valence-corrected chi connectivity index (χ0v) is 7.74. The van der Waals surface area contributed by atoms with E-state index in [0.717, 1.165) is 0 Å². The Morgan fingerprint density at radius 3 is 2.17 bits per heavy atom. The minimum atomic E-state index is -4.01. The molecule has 0 rings (SSSR count). The molecule has 0 radical (unpaired) electrons. The minimum Gasteiger partial charge on any atom is -0.478 e. The predicted molar refractivity (Wildman–Crippen MR) is 40.3 cm³/mol. The van der Waals surface area contributed by atoms with E-state index < -0.39 is 15.9 Å². The number of carboxylic acids is 1. The number of carbonyl (C=O) groups is 1. The molecule has 7 heteroatoms. The molecule has 0 unspecified atom stereocenters. The fourth-order valence-corrected chi connectivity index (χ4v) is 0.466. The highest BCUT2D eigenvalue weighted by atomic mass is 79.9. The number of alkyl halides is 5. The number of allylic oxidation sites excluding steroid dienone is 1. The van der Waals surface area contributed by atoms with E-state index in [4.69, 9.17) is 5.11 Å². The van der Waals surface area contributed by atoms with E-state index in [1.807, 2.05) is 0 Å². The van der Waals surface area contributed by atoms with Crippen LogP contribution in [0, 0.1) is 0 Å². The van der Waals surface area contributed by atoms with E-state index in [0.29, 0.717) is 0 Å². The van der Waals surface area contributed by atoms with Gasteiger partial charge in [0.1, 0.15) is 0 Å². The van der Waals surface area contributed by atoms with E-state index in [1.165, 1.54) is 0 Å². The van der Waals surface area contributed by atoms with Gasteiger partial charge in [-0.05, 0) is 22.0 Å².